The standard InChI is InChI=1S/C22H23BrN8O2/c1-4-30-19(8-10-24-30)22(33)26-17-7-5-6-16(12-17)25-21(32)18-9-11-29(28-18)13-31-15(3)20(23)14(2)27-31/h5-12H,4,13H2,1-3H3,(H,25,32)(H,26,33). The molecule has 33 heavy (non-hydrogen) atoms. The highest BCUT2D eigenvalue weighted by Crippen LogP contribution is 2.20. The average molecular weight is 511 g/mol. The SMILES string of the molecule is CCn1nccc1C(=O)Nc1cccc(NC(=O)c2ccn(Cn3nc(C)c(Br)c3C)n2)c1. The number of carbonyl (C=O) groups excluding carboxylic acids is 2. The van der Waals surface area contributed by atoms with E-state index >= 15 is 0 Å². The fourth-order valence-electron chi connectivity index (χ4n) is 3.35. The van der Waals surface area contributed by atoms with E-state index in [9.17, 15) is 9.59 Å². The molecule has 11 heteroatoms. The normalized spacial score (nSPS) is 10.9. The van der Waals surface area contributed by atoms with E-state index in [2.05, 4.69) is 41.9 Å². The summed E-state index contributed by atoms with van der Waals surface area (Å²) in [5, 5.41) is 18.6. The van der Waals surface area contributed by atoms with Gasteiger partial charge in [-0.1, -0.05) is 6.07 Å². The number of carbonyl (C=O) groups is 2. The van der Waals surface area contributed by atoms with Gasteiger partial charge in [-0.25, -0.2) is 4.68 Å². The van der Waals surface area contributed by atoms with Gasteiger partial charge in [0.25, 0.3) is 11.8 Å². The van der Waals surface area contributed by atoms with Gasteiger partial charge < -0.3 is 10.6 Å². The van der Waals surface area contributed by atoms with Crippen LogP contribution in [0.15, 0.2) is 53.3 Å². The highest BCUT2D eigenvalue weighted by atomic mass is 79.9. The van der Waals surface area contributed by atoms with Crippen molar-refractivity contribution in [2.24, 2.45) is 0 Å². The molecule has 3 heterocycles. The van der Waals surface area contributed by atoms with E-state index in [1.54, 1.807) is 58.2 Å². The molecule has 0 unspecified atom stereocenters. The third-order valence-electron chi connectivity index (χ3n) is 5.07. The lowest BCUT2D eigenvalue weighted by molar-refractivity contribution is 0.101. The molecule has 0 bridgehead atoms. The monoisotopic (exact) mass is 510 g/mol. The van der Waals surface area contributed by atoms with Crippen molar-refractivity contribution in [1.29, 1.82) is 0 Å². The molecule has 2 amide bonds. The van der Waals surface area contributed by atoms with Crippen LogP contribution in [0.2, 0.25) is 0 Å². The minimum absolute atomic E-state index is 0.271. The Morgan fingerprint density at radius 1 is 1.00 bits per heavy atom. The predicted octanol–water partition coefficient (Wildman–Crippen LogP) is 3.69. The molecule has 0 saturated carbocycles. The van der Waals surface area contributed by atoms with E-state index in [0.717, 1.165) is 15.9 Å². The molecule has 10 nitrogen and oxygen atoms in total. The number of benzene rings is 1. The number of rotatable bonds is 7. The maximum absolute atomic E-state index is 12.7. The summed E-state index contributed by atoms with van der Waals surface area (Å²) in [6.07, 6.45) is 3.31. The molecular formula is C22H23BrN8O2. The number of nitrogens with one attached hydrogen (secondary N) is 2. The van der Waals surface area contributed by atoms with Crippen LogP contribution in [0.3, 0.4) is 0 Å². The molecule has 3 aromatic heterocycles. The number of hydrogen-bond donors (Lipinski definition) is 2. The second-order valence-corrected chi connectivity index (χ2v) is 8.18. The molecule has 0 atom stereocenters. The molecule has 4 aromatic rings. The van der Waals surface area contributed by atoms with Crippen molar-refractivity contribution < 1.29 is 9.59 Å². The molecule has 0 aliphatic carbocycles. The van der Waals surface area contributed by atoms with E-state index in [-0.39, 0.29) is 17.5 Å². The van der Waals surface area contributed by atoms with E-state index in [0.29, 0.717) is 30.3 Å². The second-order valence-electron chi connectivity index (χ2n) is 7.39. The van der Waals surface area contributed by atoms with Gasteiger partial charge in [-0.2, -0.15) is 15.3 Å². The van der Waals surface area contributed by atoms with Crippen molar-refractivity contribution >= 4 is 39.1 Å². The van der Waals surface area contributed by atoms with Crippen LogP contribution in [0.4, 0.5) is 11.4 Å². The molecule has 2 N–H and O–H groups in total. The van der Waals surface area contributed by atoms with Crippen molar-refractivity contribution in [3.8, 4) is 0 Å². The summed E-state index contributed by atoms with van der Waals surface area (Å²) in [5.74, 6) is -0.622. The fourth-order valence-corrected chi connectivity index (χ4v) is 3.64. The highest BCUT2D eigenvalue weighted by molar-refractivity contribution is 9.10. The molecule has 0 saturated heterocycles. The summed E-state index contributed by atoms with van der Waals surface area (Å²) in [4.78, 5) is 25.2. The Labute approximate surface area is 198 Å². The fraction of sp³-hybridized carbons (Fsp3) is 0.227. The topological polar surface area (TPSA) is 112 Å². The van der Waals surface area contributed by atoms with Crippen LogP contribution in [0.5, 0.6) is 0 Å². The van der Waals surface area contributed by atoms with E-state index in [4.69, 9.17) is 0 Å². The van der Waals surface area contributed by atoms with Gasteiger partial charge in [0.2, 0.25) is 0 Å². The first-order valence-electron chi connectivity index (χ1n) is 10.3. The Bertz CT molecular complexity index is 1320. The third-order valence-corrected chi connectivity index (χ3v) is 6.22. The van der Waals surface area contributed by atoms with Crippen molar-refractivity contribution in [1.82, 2.24) is 29.3 Å². The van der Waals surface area contributed by atoms with Gasteiger partial charge in [0.05, 0.1) is 15.9 Å². The maximum atomic E-state index is 12.7. The summed E-state index contributed by atoms with van der Waals surface area (Å²) in [6, 6.07) is 10.2. The number of anilines is 2. The molecule has 0 radical (unpaired) electrons. The zero-order valence-electron chi connectivity index (χ0n) is 18.4. The lowest BCUT2D eigenvalue weighted by atomic mass is 10.2. The third kappa shape index (κ3) is 4.87. The quantitative estimate of drug-likeness (QED) is 0.393. The number of aryl methyl sites for hydroxylation is 2. The Kier molecular flexibility index (Phi) is 6.40. The number of amides is 2. The summed E-state index contributed by atoms with van der Waals surface area (Å²) in [6.45, 7) is 6.78. The van der Waals surface area contributed by atoms with E-state index in [1.807, 2.05) is 25.5 Å². The van der Waals surface area contributed by atoms with Crippen molar-refractivity contribution in [2.75, 3.05) is 10.6 Å². The van der Waals surface area contributed by atoms with Crippen LogP contribution >= 0.6 is 15.9 Å². The Morgan fingerprint density at radius 3 is 2.39 bits per heavy atom. The van der Waals surface area contributed by atoms with Crippen LogP contribution in [0, 0.1) is 13.8 Å². The summed E-state index contributed by atoms with van der Waals surface area (Å²) >= 11 is 3.51. The van der Waals surface area contributed by atoms with Crippen LogP contribution < -0.4 is 10.6 Å². The first-order chi connectivity index (χ1) is 15.9. The highest BCUT2D eigenvalue weighted by Gasteiger charge is 2.14. The molecule has 1 aromatic carbocycles. The van der Waals surface area contributed by atoms with Crippen LogP contribution in [-0.2, 0) is 13.2 Å². The molecular weight excluding hydrogens is 488 g/mol. The molecule has 4 rings (SSSR count). The van der Waals surface area contributed by atoms with E-state index < -0.39 is 0 Å². The zero-order valence-corrected chi connectivity index (χ0v) is 20.0. The number of hydrogen-bond acceptors (Lipinski definition) is 5. The van der Waals surface area contributed by atoms with Crippen LogP contribution in [-0.4, -0.2) is 41.2 Å². The summed E-state index contributed by atoms with van der Waals surface area (Å²) < 4.78 is 6.03. The van der Waals surface area contributed by atoms with Crippen molar-refractivity contribution in [2.45, 2.75) is 34.0 Å². The van der Waals surface area contributed by atoms with Gasteiger partial charge >= 0.3 is 0 Å². The first-order valence-corrected chi connectivity index (χ1v) is 11.1. The lowest BCUT2D eigenvalue weighted by Crippen LogP contribution is -2.18. The first kappa shape index (κ1) is 22.5. The second kappa shape index (κ2) is 9.41. The molecule has 0 aliphatic heterocycles. The molecule has 0 aliphatic rings. The maximum Gasteiger partial charge on any atom is 0.276 e. The van der Waals surface area contributed by atoms with Crippen molar-refractivity contribution in [3.05, 3.63) is 76.0 Å². The van der Waals surface area contributed by atoms with Gasteiger partial charge in [0.15, 0.2) is 5.69 Å². The van der Waals surface area contributed by atoms with Gasteiger partial charge in [-0.15, -0.1) is 0 Å². The van der Waals surface area contributed by atoms with Gasteiger partial charge in [-0.05, 0) is 67.0 Å². The Hall–Kier alpha value is -3.73. The van der Waals surface area contributed by atoms with E-state index in [1.165, 1.54) is 0 Å². The van der Waals surface area contributed by atoms with Crippen LogP contribution in [0.25, 0.3) is 0 Å². The molecule has 0 spiro atoms. The van der Waals surface area contributed by atoms with Gasteiger partial charge in [0, 0.05) is 30.3 Å². The average Bonchev–Trinajstić information content (AvgIpc) is 3.51. The minimum Gasteiger partial charge on any atom is -0.321 e. The Balaban J connectivity index is 1.42. The number of halogens is 1. The molecule has 0 fully saturated rings. The lowest BCUT2D eigenvalue weighted by Gasteiger charge is -2.09. The number of nitrogens with zero attached hydrogens (tertiary/aromatic N) is 6. The smallest absolute Gasteiger partial charge is 0.276 e. The van der Waals surface area contributed by atoms with Gasteiger partial charge in [-0.3, -0.25) is 19.0 Å². The van der Waals surface area contributed by atoms with Crippen molar-refractivity contribution in [3.63, 3.8) is 0 Å². The van der Waals surface area contributed by atoms with Crippen LogP contribution in [0.1, 0.15) is 39.3 Å². The Morgan fingerprint density at radius 2 is 1.73 bits per heavy atom. The summed E-state index contributed by atoms with van der Waals surface area (Å²) in [5.41, 5.74) is 3.71. The zero-order chi connectivity index (χ0) is 23.5. The number of aromatic nitrogens is 6. The summed E-state index contributed by atoms with van der Waals surface area (Å²) in [7, 11) is 0. The largest absolute Gasteiger partial charge is 0.321 e. The predicted molar refractivity (Wildman–Crippen MR) is 127 cm³/mol. The molecule has 170 valence electrons. The van der Waals surface area contributed by atoms with Gasteiger partial charge in [0.1, 0.15) is 12.4 Å². The minimum atomic E-state index is -0.351.